The number of amides is 1. The van der Waals surface area contributed by atoms with Crippen molar-refractivity contribution in [1.29, 1.82) is 10.5 Å². The molecule has 1 N–H and O–H groups in total. The summed E-state index contributed by atoms with van der Waals surface area (Å²) >= 11 is 0. The second kappa shape index (κ2) is 10.6. The average Bonchev–Trinajstić information content (AvgIpc) is 3.66. The van der Waals surface area contributed by atoms with Crippen LogP contribution in [0.5, 0.6) is 5.88 Å². The fourth-order valence-corrected chi connectivity index (χ4v) is 4.48. The highest BCUT2D eigenvalue weighted by atomic mass is 16.5. The molecule has 0 bridgehead atoms. The van der Waals surface area contributed by atoms with Crippen LogP contribution in [0.1, 0.15) is 58.0 Å². The maximum Gasteiger partial charge on any atom is 0.253 e. The van der Waals surface area contributed by atoms with Gasteiger partial charge in [-0.2, -0.15) is 10.5 Å². The van der Waals surface area contributed by atoms with Crippen molar-refractivity contribution in [3.63, 3.8) is 0 Å². The lowest BCUT2D eigenvalue weighted by atomic mass is 9.97. The van der Waals surface area contributed by atoms with Crippen molar-refractivity contribution < 1.29 is 9.53 Å². The number of pyridine rings is 2. The summed E-state index contributed by atoms with van der Waals surface area (Å²) in [4.78, 5) is 23.6. The van der Waals surface area contributed by atoms with Crippen LogP contribution >= 0.6 is 0 Å². The molecule has 1 saturated heterocycles. The maximum absolute atomic E-state index is 12.7. The third-order valence-electron chi connectivity index (χ3n) is 6.65. The molecule has 2 aliphatic rings. The molecule has 5 rings (SSSR count). The number of likely N-dealkylation sites (tertiary alicyclic amines) is 1. The first-order chi connectivity index (χ1) is 17.6. The molecule has 2 aromatic heterocycles. The molecular weight excluding hydrogens is 452 g/mol. The second-order valence-electron chi connectivity index (χ2n) is 9.32. The van der Waals surface area contributed by atoms with E-state index in [1.165, 1.54) is 19.0 Å². The Bertz CT molecular complexity index is 1290. The summed E-state index contributed by atoms with van der Waals surface area (Å²) in [6.07, 6.45) is 6.55. The minimum atomic E-state index is -0.201. The number of ether oxygens (including phenoxy) is 1. The van der Waals surface area contributed by atoms with Crippen molar-refractivity contribution in [2.24, 2.45) is 5.92 Å². The predicted octanol–water partition coefficient (Wildman–Crippen LogP) is 3.60. The number of rotatable bonds is 8. The number of carbonyl (C=O) groups is 1. The SMILES string of the molecule is N#Cc1ccc([C@H](c2ccc(OCC3CC3)nc2)N2CCC(NC(=O)c3ccc(C#N)nc3)C2)cc1. The normalized spacial score (nSPS) is 18.1. The number of aromatic nitrogens is 2. The molecule has 1 aliphatic heterocycles. The van der Waals surface area contributed by atoms with E-state index in [2.05, 4.69) is 26.3 Å². The molecule has 1 aliphatic carbocycles. The van der Waals surface area contributed by atoms with Gasteiger partial charge in [-0.25, -0.2) is 9.97 Å². The van der Waals surface area contributed by atoms with Crippen molar-refractivity contribution in [3.05, 3.63) is 88.9 Å². The monoisotopic (exact) mass is 478 g/mol. The van der Waals surface area contributed by atoms with Gasteiger partial charge in [0.2, 0.25) is 5.88 Å². The van der Waals surface area contributed by atoms with Gasteiger partial charge in [0.1, 0.15) is 11.8 Å². The van der Waals surface area contributed by atoms with E-state index < -0.39 is 0 Å². The van der Waals surface area contributed by atoms with Crippen molar-refractivity contribution in [3.8, 4) is 18.0 Å². The number of benzene rings is 1. The zero-order valence-corrected chi connectivity index (χ0v) is 19.8. The zero-order valence-electron chi connectivity index (χ0n) is 19.8. The van der Waals surface area contributed by atoms with Gasteiger partial charge in [0.05, 0.1) is 29.8 Å². The third-order valence-corrected chi connectivity index (χ3v) is 6.65. The van der Waals surface area contributed by atoms with Crippen molar-refractivity contribution in [2.75, 3.05) is 19.7 Å². The van der Waals surface area contributed by atoms with E-state index >= 15 is 0 Å². The van der Waals surface area contributed by atoms with Crippen LogP contribution in [0.15, 0.2) is 60.9 Å². The summed E-state index contributed by atoms with van der Waals surface area (Å²) in [7, 11) is 0. The minimum absolute atomic E-state index is 0.0249. The highest BCUT2D eigenvalue weighted by Gasteiger charge is 2.31. The zero-order chi connectivity index (χ0) is 24.9. The van der Waals surface area contributed by atoms with E-state index in [1.807, 2.05) is 48.7 Å². The van der Waals surface area contributed by atoms with Gasteiger partial charge in [0.25, 0.3) is 5.91 Å². The highest BCUT2D eigenvalue weighted by Crippen LogP contribution is 2.33. The summed E-state index contributed by atoms with van der Waals surface area (Å²) in [6.45, 7) is 2.18. The Morgan fingerprint density at radius 3 is 2.44 bits per heavy atom. The van der Waals surface area contributed by atoms with Crippen LogP contribution in [0.2, 0.25) is 0 Å². The molecule has 1 saturated carbocycles. The Morgan fingerprint density at radius 2 is 1.81 bits per heavy atom. The van der Waals surface area contributed by atoms with E-state index in [-0.39, 0.29) is 23.7 Å². The largest absolute Gasteiger partial charge is 0.477 e. The number of hydrogen-bond donors (Lipinski definition) is 1. The molecule has 3 heterocycles. The number of nitriles is 2. The minimum Gasteiger partial charge on any atom is -0.477 e. The number of hydrogen-bond acceptors (Lipinski definition) is 7. The molecule has 1 aromatic carbocycles. The van der Waals surface area contributed by atoms with Gasteiger partial charge in [0, 0.05) is 37.6 Å². The molecule has 3 aromatic rings. The molecular formula is C28H26N6O2. The average molecular weight is 479 g/mol. The Morgan fingerprint density at radius 1 is 1.00 bits per heavy atom. The van der Waals surface area contributed by atoms with Crippen LogP contribution in [-0.2, 0) is 0 Å². The summed E-state index contributed by atoms with van der Waals surface area (Å²) in [6, 6.07) is 18.8. The van der Waals surface area contributed by atoms with E-state index in [1.54, 1.807) is 12.1 Å². The molecule has 0 radical (unpaired) electrons. The molecule has 2 atom stereocenters. The Hall–Kier alpha value is -4.27. The second-order valence-corrected chi connectivity index (χ2v) is 9.32. The predicted molar refractivity (Wildman–Crippen MR) is 132 cm³/mol. The first-order valence-corrected chi connectivity index (χ1v) is 12.1. The molecule has 1 unspecified atom stereocenters. The Labute approximate surface area is 210 Å². The number of carbonyl (C=O) groups excluding carboxylic acids is 1. The number of nitrogens with one attached hydrogen (secondary N) is 1. The standard InChI is InChI=1S/C28H26N6O2/c29-13-19-3-5-21(6-4-19)27(22-8-10-26(32-15-22)36-18-20-1-2-20)34-12-11-25(17-34)33-28(35)23-7-9-24(14-30)31-16-23/h3-10,15-16,20,25,27H,1-2,11-12,17-18H2,(H,33,35)/t25?,27-/m1/s1. The topological polar surface area (TPSA) is 115 Å². The van der Waals surface area contributed by atoms with Gasteiger partial charge in [-0.05, 0) is 60.6 Å². The summed E-state index contributed by atoms with van der Waals surface area (Å²) in [5.41, 5.74) is 3.41. The first kappa shape index (κ1) is 23.5. The van der Waals surface area contributed by atoms with Gasteiger partial charge < -0.3 is 10.1 Å². The molecule has 8 nitrogen and oxygen atoms in total. The van der Waals surface area contributed by atoms with Crippen LogP contribution in [0, 0.1) is 28.6 Å². The van der Waals surface area contributed by atoms with Gasteiger partial charge in [-0.3, -0.25) is 9.69 Å². The van der Waals surface area contributed by atoms with Crippen LogP contribution in [0.4, 0.5) is 0 Å². The van der Waals surface area contributed by atoms with Gasteiger partial charge in [-0.1, -0.05) is 18.2 Å². The van der Waals surface area contributed by atoms with Crippen LogP contribution in [-0.4, -0.2) is 46.5 Å². The van der Waals surface area contributed by atoms with Crippen LogP contribution < -0.4 is 10.1 Å². The molecule has 8 heteroatoms. The fourth-order valence-electron chi connectivity index (χ4n) is 4.48. The van der Waals surface area contributed by atoms with Crippen LogP contribution in [0.3, 0.4) is 0 Å². The van der Waals surface area contributed by atoms with Crippen LogP contribution in [0.25, 0.3) is 0 Å². The van der Waals surface area contributed by atoms with Gasteiger partial charge in [-0.15, -0.1) is 0 Å². The lowest BCUT2D eigenvalue weighted by molar-refractivity contribution is 0.0936. The lowest BCUT2D eigenvalue weighted by Crippen LogP contribution is -2.38. The first-order valence-electron chi connectivity index (χ1n) is 12.1. The maximum atomic E-state index is 12.7. The molecule has 0 spiro atoms. The molecule has 1 amide bonds. The molecule has 180 valence electrons. The number of nitrogens with zero attached hydrogens (tertiary/aromatic N) is 5. The lowest BCUT2D eigenvalue weighted by Gasteiger charge is -2.29. The van der Waals surface area contributed by atoms with E-state index in [4.69, 9.17) is 10.00 Å². The van der Waals surface area contributed by atoms with E-state index in [0.717, 1.165) is 24.1 Å². The summed E-state index contributed by atoms with van der Waals surface area (Å²) < 4.78 is 5.81. The Kier molecular flexibility index (Phi) is 6.88. The van der Waals surface area contributed by atoms with E-state index in [9.17, 15) is 10.1 Å². The summed E-state index contributed by atoms with van der Waals surface area (Å²) in [5.74, 6) is 1.09. The van der Waals surface area contributed by atoms with Crippen molar-refractivity contribution in [2.45, 2.75) is 31.3 Å². The smallest absolute Gasteiger partial charge is 0.253 e. The van der Waals surface area contributed by atoms with E-state index in [0.29, 0.717) is 36.1 Å². The summed E-state index contributed by atoms with van der Waals surface area (Å²) in [5, 5.41) is 21.2. The quantitative estimate of drug-likeness (QED) is 0.526. The molecule has 36 heavy (non-hydrogen) atoms. The molecule has 2 fully saturated rings. The van der Waals surface area contributed by atoms with Gasteiger partial charge in [0.15, 0.2) is 0 Å². The third kappa shape index (κ3) is 5.51. The Balaban J connectivity index is 1.31. The highest BCUT2D eigenvalue weighted by molar-refractivity contribution is 5.94. The fraction of sp³-hybridized carbons (Fsp3) is 0.321. The van der Waals surface area contributed by atoms with Crippen molar-refractivity contribution >= 4 is 5.91 Å². The van der Waals surface area contributed by atoms with Crippen molar-refractivity contribution in [1.82, 2.24) is 20.2 Å². The van der Waals surface area contributed by atoms with Gasteiger partial charge >= 0.3 is 0 Å².